The van der Waals surface area contributed by atoms with E-state index < -0.39 is 0 Å². The molecule has 0 aliphatic carbocycles. The Bertz CT molecular complexity index is 1260. The summed E-state index contributed by atoms with van der Waals surface area (Å²) >= 11 is 7.41. The van der Waals surface area contributed by atoms with E-state index in [9.17, 15) is 4.79 Å². The van der Waals surface area contributed by atoms with Crippen LogP contribution in [-0.4, -0.2) is 55.8 Å². The lowest BCUT2D eigenvalue weighted by Crippen LogP contribution is -2.28. The molecule has 0 spiro atoms. The number of ether oxygens (including phenoxy) is 1. The van der Waals surface area contributed by atoms with Crippen molar-refractivity contribution in [3.63, 3.8) is 0 Å². The maximum absolute atomic E-state index is 13.1. The number of nitrogens with zero attached hydrogens (tertiary/aromatic N) is 5. The SMILES string of the molecule is COc1cnc(Cl)cc1-c1cnccc1C(=O)NC1=NN(C)C(C#Cc2cc(C)[nH]n2)S1. The Morgan fingerprint density at radius 1 is 1.34 bits per heavy atom. The van der Waals surface area contributed by atoms with Crippen molar-refractivity contribution in [2.45, 2.75) is 12.3 Å². The molecule has 4 rings (SSSR count). The Hall–Kier alpha value is -3.55. The van der Waals surface area contributed by atoms with E-state index in [4.69, 9.17) is 16.3 Å². The summed E-state index contributed by atoms with van der Waals surface area (Å²) in [5.41, 5.74) is 3.16. The van der Waals surface area contributed by atoms with Crippen LogP contribution in [0.2, 0.25) is 5.15 Å². The number of H-pyrrole nitrogens is 1. The van der Waals surface area contributed by atoms with Gasteiger partial charge in [0.2, 0.25) is 0 Å². The van der Waals surface area contributed by atoms with E-state index in [-0.39, 0.29) is 16.4 Å². The number of carbonyl (C=O) groups is 1. The van der Waals surface area contributed by atoms with Crippen molar-refractivity contribution < 1.29 is 9.53 Å². The van der Waals surface area contributed by atoms with E-state index in [0.29, 0.717) is 33.3 Å². The van der Waals surface area contributed by atoms with Gasteiger partial charge in [-0.25, -0.2) is 4.98 Å². The van der Waals surface area contributed by atoms with Gasteiger partial charge in [0.1, 0.15) is 16.6 Å². The number of thioether (sulfide) groups is 1. The van der Waals surface area contributed by atoms with Crippen LogP contribution in [0, 0.1) is 18.8 Å². The van der Waals surface area contributed by atoms with Crippen molar-refractivity contribution in [3.8, 4) is 28.7 Å². The first-order chi connectivity index (χ1) is 15.4. The number of amidine groups is 1. The van der Waals surface area contributed by atoms with Gasteiger partial charge in [-0.3, -0.25) is 25.2 Å². The molecule has 1 atom stereocenters. The second-order valence-corrected chi connectivity index (χ2v) is 8.19. The van der Waals surface area contributed by atoms with Gasteiger partial charge in [-0.1, -0.05) is 17.5 Å². The fraction of sp³-hybridized carbons (Fsp3) is 0.190. The number of carbonyl (C=O) groups excluding carboxylic acids is 1. The number of rotatable bonds is 3. The number of methoxy groups -OCH3 is 1. The minimum Gasteiger partial charge on any atom is -0.494 e. The first-order valence-electron chi connectivity index (χ1n) is 9.41. The van der Waals surface area contributed by atoms with Gasteiger partial charge < -0.3 is 4.74 Å². The Morgan fingerprint density at radius 3 is 2.94 bits per heavy atom. The lowest BCUT2D eigenvalue weighted by Gasteiger charge is -2.12. The molecule has 0 saturated carbocycles. The van der Waals surface area contributed by atoms with Gasteiger partial charge in [-0.2, -0.15) is 10.2 Å². The molecule has 32 heavy (non-hydrogen) atoms. The summed E-state index contributed by atoms with van der Waals surface area (Å²) < 4.78 is 5.38. The minimum absolute atomic E-state index is 0.252. The average Bonchev–Trinajstić information content (AvgIpc) is 3.36. The zero-order valence-corrected chi connectivity index (χ0v) is 19.0. The van der Waals surface area contributed by atoms with Crippen LogP contribution in [0.25, 0.3) is 11.1 Å². The number of aromatic amines is 1. The predicted molar refractivity (Wildman–Crippen MR) is 123 cm³/mol. The second-order valence-electron chi connectivity index (χ2n) is 6.74. The predicted octanol–water partition coefficient (Wildman–Crippen LogP) is 2.89. The molecule has 1 unspecified atom stereocenters. The van der Waals surface area contributed by atoms with Gasteiger partial charge in [0, 0.05) is 36.3 Å². The molecule has 1 aliphatic heterocycles. The van der Waals surface area contributed by atoms with Crippen LogP contribution < -0.4 is 10.1 Å². The van der Waals surface area contributed by atoms with Gasteiger partial charge >= 0.3 is 0 Å². The fourth-order valence-corrected chi connectivity index (χ4v) is 3.97. The third-order valence-electron chi connectivity index (χ3n) is 4.47. The number of nitrogens with one attached hydrogen (secondary N) is 2. The van der Waals surface area contributed by atoms with Crippen molar-refractivity contribution in [1.29, 1.82) is 0 Å². The molecule has 3 aromatic heterocycles. The van der Waals surface area contributed by atoms with Crippen LogP contribution in [0.4, 0.5) is 0 Å². The molecule has 1 amide bonds. The molecular weight excluding hydrogens is 450 g/mol. The van der Waals surface area contributed by atoms with E-state index >= 15 is 0 Å². The van der Waals surface area contributed by atoms with E-state index in [0.717, 1.165) is 5.69 Å². The molecule has 4 heterocycles. The molecule has 0 radical (unpaired) electrons. The summed E-state index contributed by atoms with van der Waals surface area (Å²) in [4.78, 5) is 21.3. The standard InChI is InChI=1S/C21H18ClN7O2S/c1-12-8-13(27-26-12)4-5-19-29(2)28-21(32-19)25-20(30)14-6-7-23-10-16(14)15-9-18(22)24-11-17(15)31-3/h6-11,19H,1-3H3,(H,26,27)(H,25,28,30). The quantitative estimate of drug-likeness (QED) is 0.450. The molecule has 0 aromatic carbocycles. The van der Waals surface area contributed by atoms with E-state index in [1.54, 1.807) is 36.6 Å². The number of aryl methyl sites for hydroxylation is 1. The lowest BCUT2D eigenvalue weighted by atomic mass is 10.0. The largest absolute Gasteiger partial charge is 0.494 e. The van der Waals surface area contributed by atoms with Crippen LogP contribution >= 0.6 is 23.4 Å². The van der Waals surface area contributed by atoms with Crippen molar-refractivity contribution >= 4 is 34.4 Å². The van der Waals surface area contributed by atoms with Crippen LogP contribution in [0.1, 0.15) is 21.7 Å². The number of hydrazone groups is 1. The lowest BCUT2D eigenvalue weighted by molar-refractivity contribution is 0.0978. The Balaban J connectivity index is 1.53. The number of amides is 1. The molecular formula is C21H18ClN7O2S. The molecule has 0 fully saturated rings. The van der Waals surface area contributed by atoms with Crippen LogP contribution in [0.3, 0.4) is 0 Å². The second kappa shape index (κ2) is 9.30. The normalized spacial score (nSPS) is 15.1. The van der Waals surface area contributed by atoms with E-state index in [1.165, 1.54) is 25.1 Å². The molecule has 162 valence electrons. The summed E-state index contributed by atoms with van der Waals surface area (Å²) in [5, 5.41) is 16.3. The number of halogens is 1. The highest BCUT2D eigenvalue weighted by atomic mass is 35.5. The monoisotopic (exact) mass is 467 g/mol. The van der Waals surface area contributed by atoms with Crippen LogP contribution in [0.5, 0.6) is 5.75 Å². The number of hydrogen-bond donors (Lipinski definition) is 2. The Kier molecular flexibility index (Phi) is 6.30. The van der Waals surface area contributed by atoms with Crippen LogP contribution in [0.15, 0.2) is 41.9 Å². The van der Waals surface area contributed by atoms with Gasteiger partial charge in [-0.05, 0) is 42.8 Å². The third-order valence-corrected chi connectivity index (χ3v) is 5.73. The zero-order chi connectivity index (χ0) is 22.7. The summed E-state index contributed by atoms with van der Waals surface area (Å²) in [6, 6.07) is 5.12. The first kappa shape index (κ1) is 21.7. The first-order valence-corrected chi connectivity index (χ1v) is 10.7. The highest BCUT2D eigenvalue weighted by Gasteiger charge is 2.26. The molecule has 11 heteroatoms. The minimum atomic E-state index is -0.339. The van der Waals surface area contributed by atoms with Gasteiger partial charge in [0.25, 0.3) is 5.91 Å². The molecule has 2 N–H and O–H groups in total. The highest BCUT2D eigenvalue weighted by Crippen LogP contribution is 2.33. The Labute approximate surface area is 193 Å². The Morgan fingerprint density at radius 2 is 2.19 bits per heavy atom. The number of aromatic nitrogens is 4. The van der Waals surface area contributed by atoms with E-state index in [2.05, 4.69) is 42.4 Å². The zero-order valence-electron chi connectivity index (χ0n) is 17.4. The smallest absolute Gasteiger partial charge is 0.258 e. The third kappa shape index (κ3) is 4.69. The van der Waals surface area contributed by atoms with Crippen molar-refractivity contribution in [2.24, 2.45) is 5.10 Å². The summed E-state index contributed by atoms with van der Waals surface area (Å²) in [7, 11) is 3.32. The van der Waals surface area contributed by atoms with Crippen molar-refractivity contribution in [1.82, 2.24) is 30.5 Å². The highest BCUT2D eigenvalue weighted by molar-refractivity contribution is 8.14. The topological polar surface area (TPSA) is 108 Å². The molecule has 0 saturated heterocycles. The van der Waals surface area contributed by atoms with Gasteiger partial charge in [-0.15, -0.1) is 0 Å². The van der Waals surface area contributed by atoms with Crippen LogP contribution in [-0.2, 0) is 0 Å². The fourth-order valence-electron chi connectivity index (χ4n) is 2.96. The van der Waals surface area contributed by atoms with Crippen molar-refractivity contribution in [2.75, 3.05) is 14.2 Å². The van der Waals surface area contributed by atoms with Gasteiger partial charge in [0.15, 0.2) is 10.5 Å². The molecule has 9 nitrogen and oxygen atoms in total. The summed E-state index contributed by atoms with van der Waals surface area (Å²) in [5.74, 6) is 6.26. The maximum Gasteiger partial charge on any atom is 0.258 e. The number of pyridine rings is 2. The van der Waals surface area contributed by atoms with Gasteiger partial charge in [0.05, 0.1) is 18.9 Å². The summed E-state index contributed by atoms with van der Waals surface area (Å²) in [6.07, 6.45) is 4.63. The maximum atomic E-state index is 13.1. The van der Waals surface area contributed by atoms with Crippen molar-refractivity contribution in [3.05, 3.63) is 58.9 Å². The molecule has 3 aromatic rings. The summed E-state index contributed by atoms with van der Waals surface area (Å²) in [6.45, 7) is 1.91. The molecule has 1 aliphatic rings. The molecule has 0 bridgehead atoms. The number of hydrogen-bond acceptors (Lipinski definition) is 8. The van der Waals surface area contributed by atoms with E-state index in [1.807, 2.05) is 13.0 Å². The average molecular weight is 468 g/mol.